The normalized spacial score (nSPS) is 10.3. The summed E-state index contributed by atoms with van der Waals surface area (Å²) >= 11 is 6.03. The van der Waals surface area contributed by atoms with Crippen LogP contribution in [0.5, 0.6) is 11.5 Å². The lowest BCUT2D eigenvalue weighted by Crippen LogP contribution is -1.98. The Hall–Kier alpha value is -1.87. The average molecular weight is 278 g/mol. The van der Waals surface area contributed by atoms with Crippen molar-refractivity contribution in [1.29, 1.82) is 5.41 Å². The Morgan fingerprint density at radius 2 is 1.95 bits per heavy atom. The lowest BCUT2D eigenvalue weighted by atomic mass is 10.1. The van der Waals surface area contributed by atoms with E-state index in [0.29, 0.717) is 22.1 Å². The van der Waals surface area contributed by atoms with Crippen LogP contribution in [0.15, 0.2) is 36.4 Å². The van der Waals surface area contributed by atoms with Crippen LogP contribution in [0.3, 0.4) is 0 Å². The maximum Gasteiger partial charge on any atom is 0.136 e. The molecule has 0 bridgehead atoms. The molecule has 0 unspecified atom stereocenters. The van der Waals surface area contributed by atoms with Crippen LogP contribution in [-0.2, 0) is 0 Å². The van der Waals surface area contributed by atoms with E-state index in [9.17, 15) is 4.39 Å². The largest absolute Gasteiger partial charge is 0.457 e. The Balaban J connectivity index is 2.37. The minimum absolute atomic E-state index is 0.243. The van der Waals surface area contributed by atoms with E-state index >= 15 is 0 Å². The van der Waals surface area contributed by atoms with Gasteiger partial charge < -0.3 is 10.1 Å². The molecule has 0 heterocycles. The smallest absolute Gasteiger partial charge is 0.136 e. The van der Waals surface area contributed by atoms with Gasteiger partial charge in [0.2, 0.25) is 0 Å². The summed E-state index contributed by atoms with van der Waals surface area (Å²) < 4.78 is 18.9. The molecule has 0 radical (unpaired) electrons. The first kappa shape index (κ1) is 13.6. The standard InChI is InChI=1S/C15H13ClFNO/c1-9-3-5-12(8-14(9)16)19-15-6-4-11(17)7-13(15)10(2)18/h3-8,18H,1-2H3. The zero-order valence-corrected chi connectivity index (χ0v) is 11.4. The van der Waals surface area contributed by atoms with E-state index in [-0.39, 0.29) is 5.71 Å². The van der Waals surface area contributed by atoms with E-state index < -0.39 is 5.82 Å². The lowest BCUT2D eigenvalue weighted by Gasteiger charge is -2.11. The van der Waals surface area contributed by atoms with Gasteiger partial charge in [0.1, 0.15) is 17.3 Å². The topological polar surface area (TPSA) is 33.1 Å². The van der Waals surface area contributed by atoms with Crippen molar-refractivity contribution in [3.05, 3.63) is 58.4 Å². The molecule has 19 heavy (non-hydrogen) atoms. The zero-order chi connectivity index (χ0) is 14.0. The van der Waals surface area contributed by atoms with Crippen molar-refractivity contribution in [3.63, 3.8) is 0 Å². The molecule has 0 spiro atoms. The van der Waals surface area contributed by atoms with Gasteiger partial charge in [-0.15, -0.1) is 0 Å². The maximum absolute atomic E-state index is 13.2. The van der Waals surface area contributed by atoms with Gasteiger partial charge in [0.05, 0.1) is 0 Å². The SMILES string of the molecule is CC(=N)c1cc(F)ccc1Oc1ccc(C)c(Cl)c1. The first-order chi connectivity index (χ1) is 8.97. The second-order valence-electron chi connectivity index (χ2n) is 4.28. The highest BCUT2D eigenvalue weighted by Gasteiger charge is 2.09. The first-order valence-corrected chi connectivity index (χ1v) is 6.14. The summed E-state index contributed by atoms with van der Waals surface area (Å²) in [7, 11) is 0. The molecule has 2 aromatic carbocycles. The van der Waals surface area contributed by atoms with Crippen molar-refractivity contribution in [3.8, 4) is 11.5 Å². The Labute approximate surface area is 116 Å². The van der Waals surface area contributed by atoms with Crippen molar-refractivity contribution in [1.82, 2.24) is 0 Å². The number of hydrogen-bond acceptors (Lipinski definition) is 2. The number of ether oxygens (including phenoxy) is 1. The Kier molecular flexibility index (Phi) is 3.86. The average Bonchev–Trinajstić information content (AvgIpc) is 2.36. The van der Waals surface area contributed by atoms with Gasteiger partial charge in [0, 0.05) is 16.3 Å². The highest BCUT2D eigenvalue weighted by molar-refractivity contribution is 6.31. The van der Waals surface area contributed by atoms with E-state index in [2.05, 4.69) is 0 Å². The second-order valence-corrected chi connectivity index (χ2v) is 4.69. The number of aryl methyl sites for hydroxylation is 1. The fraction of sp³-hybridized carbons (Fsp3) is 0.133. The highest BCUT2D eigenvalue weighted by Crippen LogP contribution is 2.29. The molecule has 0 saturated carbocycles. The minimum atomic E-state index is -0.393. The zero-order valence-electron chi connectivity index (χ0n) is 10.6. The number of rotatable bonds is 3. The van der Waals surface area contributed by atoms with Crippen molar-refractivity contribution in [2.24, 2.45) is 0 Å². The molecule has 2 nitrogen and oxygen atoms in total. The predicted molar refractivity (Wildman–Crippen MR) is 75.2 cm³/mol. The Morgan fingerprint density at radius 3 is 2.58 bits per heavy atom. The summed E-state index contributed by atoms with van der Waals surface area (Å²) in [6.45, 7) is 3.49. The van der Waals surface area contributed by atoms with E-state index in [1.54, 1.807) is 19.1 Å². The van der Waals surface area contributed by atoms with Crippen molar-refractivity contribution in [2.45, 2.75) is 13.8 Å². The van der Waals surface area contributed by atoms with E-state index in [1.807, 2.05) is 13.0 Å². The summed E-state index contributed by atoms with van der Waals surface area (Å²) in [4.78, 5) is 0. The van der Waals surface area contributed by atoms with Crippen LogP contribution in [0.1, 0.15) is 18.1 Å². The molecule has 4 heteroatoms. The van der Waals surface area contributed by atoms with Crippen LogP contribution in [0.4, 0.5) is 4.39 Å². The molecule has 0 aliphatic carbocycles. The molecular formula is C15H13ClFNO. The number of halogens is 2. The van der Waals surface area contributed by atoms with Gasteiger partial charge in [0.15, 0.2) is 0 Å². The number of nitrogens with one attached hydrogen (secondary N) is 1. The van der Waals surface area contributed by atoms with Gasteiger partial charge in [-0.05, 0) is 49.7 Å². The van der Waals surface area contributed by atoms with Crippen molar-refractivity contribution in [2.75, 3.05) is 0 Å². The third kappa shape index (κ3) is 3.12. The molecule has 2 aromatic rings. The molecule has 1 N–H and O–H groups in total. The van der Waals surface area contributed by atoms with Crippen LogP contribution in [-0.4, -0.2) is 5.71 Å². The van der Waals surface area contributed by atoms with Crippen LogP contribution in [0.25, 0.3) is 0 Å². The molecule has 0 aliphatic rings. The predicted octanol–water partition coefficient (Wildman–Crippen LogP) is 4.97. The fourth-order valence-electron chi connectivity index (χ4n) is 1.65. The van der Waals surface area contributed by atoms with Crippen LogP contribution in [0.2, 0.25) is 5.02 Å². The van der Waals surface area contributed by atoms with Crippen molar-refractivity contribution >= 4 is 17.3 Å². The molecule has 0 saturated heterocycles. The molecule has 0 amide bonds. The molecule has 0 aromatic heterocycles. The highest BCUT2D eigenvalue weighted by atomic mass is 35.5. The molecule has 98 valence electrons. The number of hydrogen-bond donors (Lipinski definition) is 1. The maximum atomic E-state index is 13.2. The van der Waals surface area contributed by atoms with E-state index in [4.69, 9.17) is 21.7 Å². The summed E-state index contributed by atoms with van der Waals surface area (Å²) in [5, 5.41) is 8.25. The number of benzene rings is 2. The summed E-state index contributed by atoms with van der Waals surface area (Å²) in [6, 6.07) is 9.43. The van der Waals surface area contributed by atoms with Gasteiger partial charge in [-0.25, -0.2) is 4.39 Å². The minimum Gasteiger partial charge on any atom is -0.457 e. The van der Waals surface area contributed by atoms with Gasteiger partial charge in [-0.2, -0.15) is 0 Å². The van der Waals surface area contributed by atoms with Gasteiger partial charge >= 0.3 is 0 Å². The molecule has 2 rings (SSSR count). The third-order valence-electron chi connectivity index (χ3n) is 2.72. The summed E-state index contributed by atoms with van der Waals surface area (Å²) in [5.41, 5.74) is 1.63. The monoisotopic (exact) mass is 277 g/mol. The van der Waals surface area contributed by atoms with E-state index in [0.717, 1.165) is 5.56 Å². The van der Waals surface area contributed by atoms with Gasteiger partial charge in [-0.3, -0.25) is 0 Å². The van der Waals surface area contributed by atoms with Gasteiger partial charge in [0.25, 0.3) is 0 Å². The molecule has 0 aliphatic heterocycles. The van der Waals surface area contributed by atoms with Gasteiger partial charge in [-0.1, -0.05) is 17.7 Å². The molecular weight excluding hydrogens is 265 g/mol. The van der Waals surface area contributed by atoms with Crippen molar-refractivity contribution < 1.29 is 9.13 Å². The Bertz CT molecular complexity index is 640. The van der Waals surface area contributed by atoms with Crippen LogP contribution in [0, 0.1) is 18.2 Å². The van der Waals surface area contributed by atoms with Crippen LogP contribution < -0.4 is 4.74 Å². The van der Waals surface area contributed by atoms with Crippen LogP contribution >= 0.6 is 11.6 Å². The Morgan fingerprint density at radius 1 is 1.21 bits per heavy atom. The first-order valence-electron chi connectivity index (χ1n) is 5.76. The second kappa shape index (κ2) is 5.41. The lowest BCUT2D eigenvalue weighted by molar-refractivity contribution is 0.479. The quantitative estimate of drug-likeness (QED) is 0.790. The molecule has 0 atom stereocenters. The summed E-state index contributed by atoms with van der Waals surface area (Å²) in [5.74, 6) is 0.606. The fourth-order valence-corrected chi connectivity index (χ4v) is 1.82. The van der Waals surface area contributed by atoms with E-state index in [1.165, 1.54) is 18.2 Å². The molecule has 0 fully saturated rings. The summed E-state index contributed by atoms with van der Waals surface area (Å²) in [6.07, 6.45) is 0. The third-order valence-corrected chi connectivity index (χ3v) is 3.12.